The number of hydrogen-bond acceptors (Lipinski definition) is 5. The SMILES string of the molecule is CCCCCCn1c(=O)c2c(nc3n2CC(C)CN3c2ccc(OC)cc2)n(C)c1=O. The number of nitrogens with zero attached hydrogens (tertiary/aromatic N) is 5. The summed E-state index contributed by atoms with van der Waals surface area (Å²) < 4.78 is 10.2. The van der Waals surface area contributed by atoms with Crippen LogP contribution >= 0.6 is 0 Å². The van der Waals surface area contributed by atoms with Crippen LogP contribution in [-0.2, 0) is 20.1 Å². The monoisotopic (exact) mass is 425 g/mol. The summed E-state index contributed by atoms with van der Waals surface area (Å²) in [5.41, 5.74) is 1.40. The lowest BCUT2D eigenvalue weighted by Crippen LogP contribution is -2.40. The smallest absolute Gasteiger partial charge is 0.332 e. The molecule has 0 aliphatic carbocycles. The maximum Gasteiger partial charge on any atom is 0.332 e. The van der Waals surface area contributed by atoms with Crippen molar-refractivity contribution in [3.8, 4) is 5.75 Å². The second-order valence-corrected chi connectivity index (χ2v) is 8.47. The minimum atomic E-state index is -0.298. The lowest BCUT2D eigenvalue weighted by Gasteiger charge is -2.33. The molecule has 2 aromatic heterocycles. The second kappa shape index (κ2) is 8.61. The lowest BCUT2D eigenvalue weighted by atomic mass is 10.1. The maximum atomic E-state index is 13.4. The highest BCUT2D eigenvalue weighted by Gasteiger charge is 2.29. The molecule has 31 heavy (non-hydrogen) atoms. The van der Waals surface area contributed by atoms with Crippen molar-refractivity contribution in [2.75, 3.05) is 18.6 Å². The zero-order valence-corrected chi connectivity index (χ0v) is 18.8. The molecule has 1 aliphatic heterocycles. The fraction of sp³-hybridized carbons (Fsp3) is 0.522. The van der Waals surface area contributed by atoms with Gasteiger partial charge in [0, 0.05) is 32.4 Å². The summed E-state index contributed by atoms with van der Waals surface area (Å²) in [5.74, 6) is 1.81. The Hall–Kier alpha value is -3.03. The molecular formula is C23H31N5O3. The molecule has 1 aliphatic rings. The number of benzene rings is 1. The van der Waals surface area contributed by atoms with Gasteiger partial charge in [0.1, 0.15) is 5.75 Å². The molecule has 3 aromatic rings. The molecule has 0 amide bonds. The third-order valence-electron chi connectivity index (χ3n) is 6.06. The Kier molecular flexibility index (Phi) is 5.89. The van der Waals surface area contributed by atoms with Gasteiger partial charge in [0.2, 0.25) is 5.95 Å². The number of aromatic nitrogens is 4. The van der Waals surface area contributed by atoms with Crippen LogP contribution < -0.4 is 20.9 Å². The predicted octanol–water partition coefficient (Wildman–Crippen LogP) is 3.27. The molecule has 0 N–H and O–H groups in total. The van der Waals surface area contributed by atoms with E-state index in [1.54, 1.807) is 14.2 Å². The van der Waals surface area contributed by atoms with Crippen molar-refractivity contribution in [3.05, 3.63) is 45.1 Å². The van der Waals surface area contributed by atoms with Crippen molar-refractivity contribution in [2.45, 2.75) is 52.6 Å². The van der Waals surface area contributed by atoms with Crippen LogP contribution in [0.2, 0.25) is 0 Å². The second-order valence-electron chi connectivity index (χ2n) is 8.47. The van der Waals surface area contributed by atoms with Gasteiger partial charge in [-0.1, -0.05) is 33.1 Å². The van der Waals surface area contributed by atoms with Gasteiger partial charge in [0.25, 0.3) is 5.56 Å². The number of imidazole rings is 1. The minimum Gasteiger partial charge on any atom is -0.497 e. The first-order valence-corrected chi connectivity index (χ1v) is 11.1. The zero-order chi connectivity index (χ0) is 22.1. The molecule has 1 unspecified atom stereocenters. The molecule has 4 rings (SSSR count). The fourth-order valence-corrected chi connectivity index (χ4v) is 4.38. The third kappa shape index (κ3) is 3.75. The van der Waals surface area contributed by atoms with E-state index >= 15 is 0 Å². The standard InChI is InChI=1S/C23H31N5O3/c1-5-6-7-8-13-26-21(29)19-20(25(3)23(26)30)24-22-27(14-16(2)15-28(19)22)17-9-11-18(31-4)12-10-17/h9-12,16H,5-8,13-15H2,1-4H3. The Morgan fingerprint density at radius 3 is 2.52 bits per heavy atom. The summed E-state index contributed by atoms with van der Waals surface area (Å²) in [4.78, 5) is 33.2. The van der Waals surface area contributed by atoms with E-state index in [0.29, 0.717) is 36.1 Å². The van der Waals surface area contributed by atoms with Crippen LogP contribution in [0.3, 0.4) is 0 Å². The third-order valence-corrected chi connectivity index (χ3v) is 6.06. The molecule has 1 aromatic carbocycles. The highest BCUT2D eigenvalue weighted by Crippen LogP contribution is 2.33. The Morgan fingerprint density at radius 2 is 1.84 bits per heavy atom. The number of rotatable bonds is 7. The van der Waals surface area contributed by atoms with Gasteiger partial charge < -0.3 is 14.2 Å². The van der Waals surface area contributed by atoms with Gasteiger partial charge in [0.05, 0.1) is 7.11 Å². The number of methoxy groups -OCH3 is 1. The summed E-state index contributed by atoms with van der Waals surface area (Å²) in [5, 5.41) is 0. The number of ether oxygens (including phenoxy) is 1. The Labute approximate surface area is 181 Å². The van der Waals surface area contributed by atoms with E-state index < -0.39 is 0 Å². The maximum absolute atomic E-state index is 13.4. The average Bonchev–Trinajstić information content (AvgIpc) is 3.16. The van der Waals surface area contributed by atoms with Gasteiger partial charge in [0.15, 0.2) is 11.2 Å². The highest BCUT2D eigenvalue weighted by atomic mass is 16.5. The number of unbranched alkanes of at least 4 members (excludes halogenated alkanes) is 3. The van der Waals surface area contributed by atoms with Gasteiger partial charge in [-0.25, -0.2) is 4.79 Å². The Morgan fingerprint density at radius 1 is 1.10 bits per heavy atom. The molecule has 0 saturated carbocycles. The molecule has 0 bridgehead atoms. The van der Waals surface area contributed by atoms with Gasteiger partial charge in [-0.05, 0) is 36.6 Å². The molecule has 0 saturated heterocycles. The van der Waals surface area contributed by atoms with Crippen LogP contribution in [0.1, 0.15) is 39.5 Å². The summed E-state index contributed by atoms with van der Waals surface area (Å²) in [6, 6.07) is 7.82. The Bertz CT molecular complexity index is 1190. The van der Waals surface area contributed by atoms with Crippen LogP contribution in [0.15, 0.2) is 33.9 Å². The van der Waals surface area contributed by atoms with E-state index in [2.05, 4.69) is 18.7 Å². The topological polar surface area (TPSA) is 74.3 Å². The molecular weight excluding hydrogens is 394 g/mol. The first-order valence-electron chi connectivity index (χ1n) is 11.1. The van der Waals surface area contributed by atoms with Crippen molar-refractivity contribution in [1.29, 1.82) is 0 Å². The molecule has 166 valence electrons. The van der Waals surface area contributed by atoms with E-state index in [-0.39, 0.29) is 11.2 Å². The van der Waals surface area contributed by atoms with Crippen LogP contribution in [0, 0.1) is 5.92 Å². The molecule has 0 spiro atoms. The van der Waals surface area contributed by atoms with Crippen molar-refractivity contribution < 1.29 is 4.74 Å². The van der Waals surface area contributed by atoms with Crippen molar-refractivity contribution in [1.82, 2.24) is 18.7 Å². The molecule has 0 fully saturated rings. The average molecular weight is 426 g/mol. The summed E-state index contributed by atoms with van der Waals surface area (Å²) >= 11 is 0. The van der Waals surface area contributed by atoms with Crippen LogP contribution in [0.5, 0.6) is 5.75 Å². The van der Waals surface area contributed by atoms with E-state index in [0.717, 1.165) is 43.7 Å². The number of anilines is 2. The van der Waals surface area contributed by atoms with Crippen LogP contribution in [-0.4, -0.2) is 32.3 Å². The van der Waals surface area contributed by atoms with Crippen molar-refractivity contribution in [3.63, 3.8) is 0 Å². The molecule has 8 nitrogen and oxygen atoms in total. The normalized spacial score (nSPS) is 16.0. The molecule has 1 atom stereocenters. The minimum absolute atomic E-state index is 0.239. The molecule has 0 radical (unpaired) electrons. The zero-order valence-electron chi connectivity index (χ0n) is 18.8. The first kappa shape index (κ1) is 21.2. The van der Waals surface area contributed by atoms with E-state index in [1.165, 1.54) is 9.13 Å². The summed E-state index contributed by atoms with van der Waals surface area (Å²) in [6.07, 6.45) is 4.05. The lowest BCUT2D eigenvalue weighted by molar-refractivity contribution is 0.414. The van der Waals surface area contributed by atoms with Gasteiger partial charge in [-0.15, -0.1) is 0 Å². The van der Waals surface area contributed by atoms with Gasteiger partial charge in [-0.3, -0.25) is 13.9 Å². The largest absolute Gasteiger partial charge is 0.497 e. The predicted molar refractivity (Wildman–Crippen MR) is 123 cm³/mol. The van der Waals surface area contributed by atoms with E-state index in [9.17, 15) is 9.59 Å². The summed E-state index contributed by atoms with van der Waals surface area (Å²) in [7, 11) is 3.35. The number of hydrogen-bond donors (Lipinski definition) is 0. The van der Waals surface area contributed by atoms with E-state index in [4.69, 9.17) is 9.72 Å². The van der Waals surface area contributed by atoms with Gasteiger partial charge in [-0.2, -0.15) is 4.98 Å². The first-order chi connectivity index (χ1) is 15.0. The van der Waals surface area contributed by atoms with Gasteiger partial charge >= 0.3 is 5.69 Å². The fourth-order valence-electron chi connectivity index (χ4n) is 4.38. The number of aryl methyl sites for hydroxylation is 1. The van der Waals surface area contributed by atoms with E-state index in [1.807, 2.05) is 28.8 Å². The van der Waals surface area contributed by atoms with Crippen LogP contribution in [0.25, 0.3) is 11.2 Å². The summed E-state index contributed by atoms with van der Waals surface area (Å²) in [6.45, 7) is 6.23. The quantitative estimate of drug-likeness (QED) is 0.543. The van der Waals surface area contributed by atoms with Crippen LogP contribution in [0.4, 0.5) is 11.6 Å². The highest BCUT2D eigenvalue weighted by molar-refractivity contribution is 5.77. The Balaban J connectivity index is 1.83. The van der Waals surface area contributed by atoms with Crippen molar-refractivity contribution in [2.24, 2.45) is 13.0 Å². The molecule has 3 heterocycles. The number of fused-ring (bicyclic) bond motifs is 3. The van der Waals surface area contributed by atoms with Crippen molar-refractivity contribution >= 4 is 22.8 Å². The molecule has 8 heteroatoms.